The normalized spacial score (nSPS) is 26.6. The van der Waals surface area contributed by atoms with Gasteiger partial charge in [0, 0.05) is 6.20 Å². The van der Waals surface area contributed by atoms with Gasteiger partial charge < -0.3 is 14.6 Å². The molecule has 0 spiro atoms. The number of hydrogen-bond acceptors (Lipinski definition) is 6. The van der Waals surface area contributed by atoms with Crippen LogP contribution in [0.3, 0.4) is 0 Å². The van der Waals surface area contributed by atoms with E-state index in [1.807, 2.05) is 6.92 Å². The highest BCUT2D eigenvalue weighted by Gasteiger charge is 2.49. The number of aliphatic hydroxyl groups excluding tert-OH is 1. The van der Waals surface area contributed by atoms with Gasteiger partial charge in [-0.05, 0) is 42.1 Å². The smallest absolute Gasteiger partial charge is 0.294 e. The Morgan fingerprint density at radius 3 is 2.59 bits per heavy atom. The Labute approximate surface area is 161 Å². The second-order valence-corrected chi connectivity index (χ2v) is 13.7. The largest absolute Gasteiger partial charge is 0.407 e. The van der Waals surface area contributed by atoms with Gasteiger partial charge in [0.25, 0.3) is 5.69 Å². The van der Waals surface area contributed by atoms with Gasteiger partial charge in [-0.25, -0.2) is 0 Å². The molecule has 0 saturated carbocycles. The van der Waals surface area contributed by atoms with Crippen LogP contribution in [-0.4, -0.2) is 46.7 Å². The van der Waals surface area contributed by atoms with E-state index in [0.29, 0.717) is 12.0 Å². The van der Waals surface area contributed by atoms with Crippen LogP contribution in [0.2, 0.25) is 18.1 Å². The third-order valence-electron chi connectivity index (χ3n) is 6.05. The molecule has 1 aliphatic rings. The lowest BCUT2D eigenvalue weighted by molar-refractivity contribution is -0.385. The van der Waals surface area contributed by atoms with Crippen molar-refractivity contribution in [2.45, 2.75) is 64.0 Å². The lowest BCUT2D eigenvalue weighted by Gasteiger charge is -2.47. The zero-order chi connectivity index (χ0) is 20.6. The van der Waals surface area contributed by atoms with E-state index in [0.717, 1.165) is 5.57 Å². The molecule has 2 N–H and O–H groups in total. The predicted octanol–water partition coefficient (Wildman–Crippen LogP) is 3.53. The third kappa shape index (κ3) is 4.13. The van der Waals surface area contributed by atoms with Crippen molar-refractivity contribution in [1.82, 2.24) is 4.98 Å². The first-order valence-corrected chi connectivity index (χ1v) is 12.0. The van der Waals surface area contributed by atoms with Crippen molar-refractivity contribution in [2.24, 2.45) is 5.92 Å². The van der Waals surface area contributed by atoms with Crippen LogP contribution in [-0.2, 0) is 4.43 Å². The fourth-order valence-electron chi connectivity index (χ4n) is 3.06. The summed E-state index contributed by atoms with van der Waals surface area (Å²) >= 11 is 0. The first-order valence-electron chi connectivity index (χ1n) is 9.14. The van der Waals surface area contributed by atoms with Crippen LogP contribution in [0.5, 0.6) is 0 Å². The number of hydrogen-bond donors (Lipinski definition) is 2. The number of aromatic nitrogens is 1. The molecule has 0 aliphatic heterocycles. The molecule has 0 aromatic carbocycles. The highest BCUT2D eigenvalue weighted by molar-refractivity contribution is 6.74. The molecule has 0 radical (unpaired) electrons. The van der Waals surface area contributed by atoms with Gasteiger partial charge in [-0.15, -0.1) is 0 Å². The topological polar surface area (TPSA) is 106 Å². The standard InChI is InChI=1S/C19H30N2O5Si/c1-13-9-14(15-7-8-20-11-16(15)21(24)25)10-17(19(13,23)12-22)26-27(5,6)18(2,3)4/h7-8,10-11,13,17,22-23H,9,12H2,1-6H3. The maximum atomic E-state index is 11.4. The number of allylic oxidation sites excluding steroid dienone is 1. The maximum Gasteiger partial charge on any atom is 0.294 e. The quantitative estimate of drug-likeness (QED) is 0.450. The molecule has 1 aliphatic carbocycles. The number of aliphatic hydroxyl groups is 2. The molecule has 1 heterocycles. The monoisotopic (exact) mass is 394 g/mol. The zero-order valence-electron chi connectivity index (χ0n) is 16.9. The van der Waals surface area contributed by atoms with E-state index in [2.05, 4.69) is 38.8 Å². The van der Waals surface area contributed by atoms with Crippen molar-refractivity contribution in [3.05, 3.63) is 40.2 Å². The highest BCUT2D eigenvalue weighted by atomic mass is 28.4. The summed E-state index contributed by atoms with van der Waals surface area (Å²) in [6, 6.07) is 1.61. The summed E-state index contributed by atoms with van der Waals surface area (Å²) in [7, 11) is -2.25. The van der Waals surface area contributed by atoms with Gasteiger partial charge in [0.05, 0.1) is 23.2 Å². The van der Waals surface area contributed by atoms with E-state index in [1.165, 1.54) is 12.4 Å². The average Bonchev–Trinajstić information content (AvgIpc) is 2.57. The average molecular weight is 395 g/mol. The molecule has 1 aromatic rings. The molecule has 7 nitrogen and oxygen atoms in total. The Morgan fingerprint density at radius 1 is 1.44 bits per heavy atom. The summed E-state index contributed by atoms with van der Waals surface area (Å²) in [6.45, 7) is 11.8. The molecule has 8 heteroatoms. The molecule has 0 bridgehead atoms. The van der Waals surface area contributed by atoms with E-state index >= 15 is 0 Å². The Hall–Kier alpha value is -1.61. The lowest BCUT2D eigenvalue weighted by Crippen LogP contribution is -2.58. The second-order valence-electron chi connectivity index (χ2n) is 8.90. The van der Waals surface area contributed by atoms with Crippen LogP contribution in [0.1, 0.15) is 39.7 Å². The minimum absolute atomic E-state index is 0.0727. The third-order valence-corrected chi connectivity index (χ3v) is 10.5. The molecule has 3 unspecified atom stereocenters. The van der Waals surface area contributed by atoms with Crippen LogP contribution in [0.4, 0.5) is 5.69 Å². The van der Waals surface area contributed by atoms with E-state index in [-0.39, 0.29) is 16.6 Å². The second kappa shape index (κ2) is 7.42. The summed E-state index contributed by atoms with van der Waals surface area (Å²) in [5.41, 5.74) is -0.290. The van der Waals surface area contributed by atoms with Gasteiger partial charge in [0.15, 0.2) is 8.32 Å². The zero-order valence-corrected chi connectivity index (χ0v) is 17.9. The van der Waals surface area contributed by atoms with Crippen molar-refractivity contribution < 1.29 is 19.6 Å². The Kier molecular flexibility index (Phi) is 5.96. The Morgan fingerprint density at radius 2 is 2.07 bits per heavy atom. The van der Waals surface area contributed by atoms with E-state index in [4.69, 9.17) is 4.43 Å². The summed E-state index contributed by atoms with van der Waals surface area (Å²) in [5, 5.41) is 32.4. The number of nitro groups is 1. The van der Waals surface area contributed by atoms with Crippen molar-refractivity contribution in [1.29, 1.82) is 0 Å². The minimum Gasteiger partial charge on any atom is -0.407 e. The molecular weight excluding hydrogens is 364 g/mol. The van der Waals surface area contributed by atoms with Gasteiger partial charge in [-0.3, -0.25) is 15.1 Å². The van der Waals surface area contributed by atoms with Crippen molar-refractivity contribution in [3.8, 4) is 0 Å². The first kappa shape index (κ1) is 21.7. The molecule has 0 fully saturated rings. The summed E-state index contributed by atoms with van der Waals surface area (Å²) < 4.78 is 6.44. The SMILES string of the molecule is CC1CC(c2ccncc2[N+](=O)[O-])=CC(O[Si](C)(C)C(C)(C)C)C1(O)CO. The van der Waals surface area contributed by atoms with Gasteiger partial charge in [0.1, 0.15) is 11.8 Å². The number of pyridine rings is 1. The fourth-order valence-corrected chi connectivity index (χ4v) is 4.32. The van der Waals surface area contributed by atoms with E-state index in [1.54, 1.807) is 12.1 Å². The lowest BCUT2D eigenvalue weighted by atomic mass is 9.74. The van der Waals surface area contributed by atoms with Gasteiger partial charge >= 0.3 is 0 Å². The molecular formula is C19H30N2O5Si. The van der Waals surface area contributed by atoms with Crippen LogP contribution in [0.15, 0.2) is 24.5 Å². The molecule has 27 heavy (non-hydrogen) atoms. The van der Waals surface area contributed by atoms with Gasteiger partial charge in [0.2, 0.25) is 0 Å². The van der Waals surface area contributed by atoms with Gasteiger partial charge in [-0.2, -0.15) is 0 Å². The Balaban J connectivity index is 2.54. The molecule has 1 aromatic heterocycles. The predicted molar refractivity (Wildman–Crippen MR) is 107 cm³/mol. The first-order chi connectivity index (χ1) is 12.3. The molecule has 150 valence electrons. The van der Waals surface area contributed by atoms with Crippen LogP contribution in [0, 0.1) is 16.0 Å². The molecule has 0 saturated heterocycles. The molecule has 2 rings (SSSR count). The van der Waals surface area contributed by atoms with E-state index < -0.39 is 31.6 Å². The van der Waals surface area contributed by atoms with Crippen LogP contribution < -0.4 is 0 Å². The summed E-state index contributed by atoms with van der Waals surface area (Å²) in [6.07, 6.45) is 4.16. The van der Waals surface area contributed by atoms with Crippen LogP contribution >= 0.6 is 0 Å². The van der Waals surface area contributed by atoms with E-state index in [9.17, 15) is 20.3 Å². The van der Waals surface area contributed by atoms with Crippen molar-refractivity contribution in [2.75, 3.05) is 6.61 Å². The summed E-state index contributed by atoms with van der Waals surface area (Å²) in [4.78, 5) is 14.8. The summed E-state index contributed by atoms with van der Waals surface area (Å²) in [5.74, 6) is -0.329. The molecule has 3 atom stereocenters. The number of rotatable bonds is 5. The van der Waals surface area contributed by atoms with Gasteiger partial charge in [-0.1, -0.05) is 33.8 Å². The van der Waals surface area contributed by atoms with Crippen LogP contribution in [0.25, 0.3) is 5.57 Å². The van der Waals surface area contributed by atoms with Crippen molar-refractivity contribution >= 4 is 19.6 Å². The maximum absolute atomic E-state index is 11.4. The highest BCUT2D eigenvalue weighted by Crippen LogP contribution is 2.44. The van der Waals surface area contributed by atoms with Crippen molar-refractivity contribution in [3.63, 3.8) is 0 Å². The minimum atomic E-state index is -2.25. The number of nitrogens with zero attached hydrogens (tertiary/aromatic N) is 2. The fraction of sp³-hybridized carbons (Fsp3) is 0.632. The molecule has 0 amide bonds. The Bertz CT molecular complexity index is 744.